The summed E-state index contributed by atoms with van der Waals surface area (Å²) in [6.45, 7) is 7.94. The highest BCUT2D eigenvalue weighted by molar-refractivity contribution is 5.83. The fourth-order valence-electron chi connectivity index (χ4n) is 1.67. The number of amidine groups is 2. The Kier molecular flexibility index (Phi) is 2.52. The van der Waals surface area contributed by atoms with Crippen LogP contribution < -0.4 is 0 Å². The largest absolute Gasteiger partial charge is 0.334 e. The van der Waals surface area contributed by atoms with E-state index in [0.29, 0.717) is 0 Å². The van der Waals surface area contributed by atoms with E-state index in [9.17, 15) is 0 Å². The molecule has 0 fully saturated rings. The Morgan fingerprint density at radius 2 is 1.36 bits per heavy atom. The van der Waals surface area contributed by atoms with Crippen molar-refractivity contribution in [1.29, 1.82) is 0 Å². The van der Waals surface area contributed by atoms with Crippen LogP contribution in [0.1, 0.15) is 13.8 Å². The molecule has 4 heteroatoms. The molecule has 0 spiro atoms. The zero-order chi connectivity index (χ0) is 9.97. The van der Waals surface area contributed by atoms with E-state index < -0.39 is 0 Å². The summed E-state index contributed by atoms with van der Waals surface area (Å²) in [4.78, 5) is 13.0. The molecule has 0 bridgehead atoms. The van der Waals surface area contributed by atoms with Gasteiger partial charge in [0.2, 0.25) is 0 Å². The highest BCUT2D eigenvalue weighted by Gasteiger charge is 2.11. The molecule has 0 aliphatic carbocycles. The van der Waals surface area contributed by atoms with Crippen LogP contribution in [0.4, 0.5) is 0 Å². The molecule has 0 saturated carbocycles. The predicted octanol–water partition coefficient (Wildman–Crippen LogP) is 0.926. The Hall–Kier alpha value is -1.32. The quantitative estimate of drug-likeness (QED) is 0.651. The van der Waals surface area contributed by atoms with E-state index in [2.05, 4.69) is 32.2 Å². The van der Waals surface area contributed by atoms with Crippen molar-refractivity contribution in [2.24, 2.45) is 9.98 Å². The third kappa shape index (κ3) is 1.78. The lowest BCUT2D eigenvalue weighted by molar-refractivity contribution is 0.560. The normalized spacial score (nSPS) is 22.1. The molecule has 4 nitrogen and oxygen atoms in total. The molecular formula is C10H16N4. The molecule has 0 unspecified atom stereocenters. The third-order valence-electron chi connectivity index (χ3n) is 2.62. The first-order chi connectivity index (χ1) is 6.77. The van der Waals surface area contributed by atoms with Gasteiger partial charge in [0, 0.05) is 25.5 Å². The molecule has 0 aromatic carbocycles. The SMILES string of the molecule is CC1=NCCN1C=CN1CCN=C1C. The minimum absolute atomic E-state index is 0.920. The first kappa shape index (κ1) is 9.24. The van der Waals surface area contributed by atoms with E-state index in [1.54, 1.807) is 0 Å². The summed E-state index contributed by atoms with van der Waals surface area (Å²) in [7, 11) is 0. The Morgan fingerprint density at radius 3 is 1.64 bits per heavy atom. The van der Waals surface area contributed by atoms with Gasteiger partial charge in [-0.25, -0.2) is 0 Å². The van der Waals surface area contributed by atoms with Crippen LogP contribution in [0.2, 0.25) is 0 Å². The molecule has 2 aliphatic heterocycles. The second-order valence-electron chi connectivity index (χ2n) is 3.54. The molecular weight excluding hydrogens is 176 g/mol. The number of hydrogen-bond donors (Lipinski definition) is 0. The van der Waals surface area contributed by atoms with Gasteiger partial charge in [-0.3, -0.25) is 9.98 Å². The van der Waals surface area contributed by atoms with Crippen molar-refractivity contribution >= 4 is 11.7 Å². The first-order valence-corrected chi connectivity index (χ1v) is 5.01. The summed E-state index contributed by atoms with van der Waals surface area (Å²) < 4.78 is 0. The van der Waals surface area contributed by atoms with Crippen LogP contribution in [0.25, 0.3) is 0 Å². The van der Waals surface area contributed by atoms with Gasteiger partial charge >= 0.3 is 0 Å². The molecule has 2 heterocycles. The predicted molar refractivity (Wildman–Crippen MR) is 58.5 cm³/mol. The molecule has 76 valence electrons. The maximum atomic E-state index is 4.32. The average Bonchev–Trinajstić information content (AvgIpc) is 2.72. The Morgan fingerprint density at radius 1 is 0.929 bits per heavy atom. The standard InChI is InChI=1S/C10H16N4/c1-9-11-3-5-13(9)7-8-14-6-4-12-10(14)2/h7-8H,3-6H2,1-2H3. The number of aliphatic imine (C=N–C) groups is 2. The second-order valence-corrected chi connectivity index (χ2v) is 3.54. The van der Waals surface area contributed by atoms with Crippen LogP contribution in [-0.4, -0.2) is 47.7 Å². The lowest BCUT2D eigenvalue weighted by Gasteiger charge is -2.16. The first-order valence-electron chi connectivity index (χ1n) is 5.01. The summed E-state index contributed by atoms with van der Waals surface area (Å²) in [5, 5.41) is 0. The summed E-state index contributed by atoms with van der Waals surface area (Å²) in [5.41, 5.74) is 0. The minimum atomic E-state index is 0.920. The van der Waals surface area contributed by atoms with E-state index in [1.165, 1.54) is 0 Å². The van der Waals surface area contributed by atoms with Crippen molar-refractivity contribution in [2.75, 3.05) is 26.2 Å². The van der Waals surface area contributed by atoms with E-state index in [-0.39, 0.29) is 0 Å². The van der Waals surface area contributed by atoms with E-state index in [1.807, 2.05) is 13.8 Å². The second kappa shape index (κ2) is 3.82. The zero-order valence-corrected chi connectivity index (χ0v) is 8.77. The molecule has 0 aromatic rings. The average molecular weight is 192 g/mol. The lowest BCUT2D eigenvalue weighted by Crippen LogP contribution is -2.23. The fraction of sp³-hybridized carbons (Fsp3) is 0.600. The molecule has 0 N–H and O–H groups in total. The molecule has 2 aliphatic rings. The van der Waals surface area contributed by atoms with Crippen molar-refractivity contribution in [3.8, 4) is 0 Å². The van der Waals surface area contributed by atoms with Crippen LogP contribution in [0.15, 0.2) is 22.4 Å². The maximum absolute atomic E-state index is 4.32. The monoisotopic (exact) mass is 192 g/mol. The molecule has 0 radical (unpaired) electrons. The summed E-state index contributed by atoms with van der Waals surface area (Å²) in [5.74, 6) is 2.21. The Balaban J connectivity index is 1.94. The molecule has 0 aromatic heterocycles. The van der Waals surface area contributed by atoms with Gasteiger partial charge in [0.25, 0.3) is 0 Å². The Labute approximate surface area is 84.6 Å². The van der Waals surface area contributed by atoms with Crippen molar-refractivity contribution in [3.63, 3.8) is 0 Å². The topological polar surface area (TPSA) is 31.2 Å². The smallest absolute Gasteiger partial charge is 0.0999 e. The van der Waals surface area contributed by atoms with Gasteiger partial charge in [0.1, 0.15) is 0 Å². The maximum Gasteiger partial charge on any atom is 0.0999 e. The molecule has 0 atom stereocenters. The summed E-state index contributed by atoms with van der Waals surface area (Å²) in [6, 6.07) is 0. The summed E-state index contributed by atoms with van der Waals surface area (Å²) >= 11 is 0. The van der Waals surface area contributed by atoms with Gasteiger partial charge < -0.3 is 9.80 Å². The number of nitrogens with zero attached hydrogens (tertiary/aromatic N) is 4. The van der Waals surface area contributed by atoms with Crippen LogP contribution >= 0.6 is 0 Å². The molecule has 0 saturated heterocycles. The van der Waals surface area contributed by atoms with Crippen LogP contribution in [0.5, 0.6) is 0 Å². The van der Waals surface area contributed by atoms with Gasteiger partial charge in [-0.2, -0.15) is 0 Å². The van der Waals surface area contributed by atoms with E-state index >= 15 is 0 Å². The molecule has 2 rings (SSSR count). The van der Waals surface area contributed by atoms with Crippen LogP contribution in [0, 0.1) is 0 Å². The van der Waals surface area contributed by atoms with Gasteiger partial charge in [-0.15, -0.1) is 0 Å². The molecule has 0 amide bonds. The van der Waals surface area contributed by atoms with Crippen LogP contribution in [0.3, 0.4) is 0 Å². The van der Waals surface area contributed by atoms with Gasteiger partial charge in [0.05, 0.1) is 24.8 Å². The highest BCUT2D eigenvalue weighted by Crippen LogP contribution is 2.05. The lowest BCUT2D eigenvalue weighted by atomic mass is 10.5. The van der Waals surface area contributed by atoms with Crippen LogP contribution in [-0.2, 0) is 0 Å². The van der Waals surface area contributed by atoms with E-state index in [4.69, 9.17) is 0 Å². The fourth-order valence-corrected chi connectivity index (χ4v) is 1.67. The third-order valence-corrected chi connectivity index (χ3v) is 2.62. The van der Waals surface area contributed by atoms with Crippen molar-refractivity contribution in [2.45, 2.75) is 13.8 Å². The van der Waals surface area contributed by atoms with Gasteiger partial charge in [-0.1, -0.05) is 0 Å². The van der Waals surface area contributed by atoms with Crippen molar-refractivity contribution in [1.82, 2.24) is 9.80 Å². The molecule has 14 heavy (non-hydrogen) atoms. The number of hydrogen-bond acceptors (Lipinski definition) is 4. The van der Waals surface area contributed by atoms with Gasteiger partial charge in [-0.05, 0) is 13.8 Å². The zero-order valence-electron chi connectivity index (χ0n) is 8.77. The Bertz CT molecular complexity index is 273. The van der Waals surface area contributed by atoms with Gasteiger partial charge in [0.15, 0.2) is 0 Å². The summed E-state index contributed by atoms with van der Waals surface area (Å²) in [6.07, 6.45) is 4.19. The number of rotatable bonds is 2. The minimum Gasteiger partial charge on any atom is -0.334 e. The highest BCUT2D eigenvalue weighted by atomic mass is 15.3. The van der Waals surface area contributed by atoms with Crippen molar-refractivity contribution in [3.05, 3.63) is 12.4 Å². The van der Waals surface area contributed by atoms with Crippen molar-refractivity contribution < 1.29 is 0 Å². The van der Waals surface area contributed by atoms with E-state index in [0.717, 1.165) is 37.9 Å².